The molecule has 0 saturated heterocycles. The monoisotopic (exact) mass is 1080 g/mol. The van der Waals surface area contributed by atoms with Crippen molar-refractivity contribution >= 4 is 34.2 Å². The average Bonchev–Trinajstić information content (AvgIpc) is 3.38. The van der Waals surface area contributed by atoms with E-state index in [9.17, 15) is 0 Å². The topological polar surface area (TPSA) is 68.6 Å². The van der Waals surface area contributed by atoms with Gasteiger partial charge in [-0.15, -0.1) is 22.8 Å². The Morgan fingerprint density at radius 1 is 0.407 bits per heavy atom. The van der Waals surface area contributed by atoms with Gasteiger partial charge >= 0.3 is 37.7 Å². The maximum absolute atomic E-state index is 5.25. The molecular formula is C72H102Li2N6O. The Balaban J connectivity index is 0.000000499. The minimum absolute atomic E-state index is 0. The van der Waals surface area contributed by atoms with Crippen LogP contribution in [0.25, 0.3) is 10.6 Å². The second-order valence-electron chi connectivity index (χ2n) is 23.7. The molecule has 0 aliphatic carbocycles. The average molecular weight is 1080 g/mol. The van der Waals surface area contributed by atoms with Gasteiger partial charge < -0.3 is 25.2 Å². The Morgan fingerprint density at radius 2 is 0.642 bits per heavy atom. The van der Waals surface area contributed by atoms with E-state index in [0.29, 0.717) is 47.3 Å². The molecule has 0 spiro atoms. The minimum atomic E-state index is 0. The van der Waals surface area contributed by atoms with Crippen LogP contribution in [0.1, 0.15) is 244 Å². The molecule has 0 saturated carbocycles. The summed E-state index contributed by atoms with van der Waals surface area (Å²) in [5.41, 5.74) is 23.3. The van der Waals surface area contributed by atoms with Crippen LogP contribution in [0, 0.1) is 0 Å². The SMILES string of the molecule is CC(=Nc1c(C(C)C)cccc1C(C)C)C1=CC=C/C(=C(\C)[N-]c2c(C(C)C)cccc2C(C)C)N1C.CC(=Nc1c(C(C)C)cccc1C(C)C)C1=CC=C/C(=C(\C)[N-]c2c(C(C)C)cccc2C(C)C)N1C.CCOCC.[Li+].[Li+]. The van der Waals surface area contributed by atoms with Gasteiger partial charge in [-0.2, -0.15) is 0 Å². The molecule has 9 heteroatoms. The fourth-order valence-corrected chi connectivity index (χ4v) is 10.3. The summed E-state index contributed by atoms with van der Waals surface area (Å²) in [6, 6.07) is 26.4. The van der Waals surface area contributed by atoms with Crippen molar-refractivity contribution in [2.24, 2.45) is 9.98 Å². The number of nitrogens with zero attached hydrogens (tertiary/aromatic N) is 6. The molecule has 0 aromatic heterocycles. The van der Waals surface area contributed by atoms with E-state index in [1.54, 1.807) is 0 Å². The van der Waals surface area contributed by atoms with Gasteiger partial charge in [-0.25, -0.2) is 0 Å². The Hall–Kier alpha value is -4.99. The van der Waals surface area contributed by atoms with Gasteiger partial charge in [0, 0.05) is 38.7 Å². The summed E-state index contributed by atoms with van der Waals surface area (Å²) in [5.74, 6) is 3.30. The van der Waals surface area contributed by atoms with Gasteiger partial charge in [0.15, 0.2) is 0 Å². The van der Waals surface area contributed by atoms with E-state index >= 15 is 0 Å². The number of benzene rings is 4. The minimum Gasteiger partial charge on any atom is -0.659 e. The van der Waals surface area contributed by atoms with E-state index in [0.717, 1.165) is 81.6 Å². The van der Waals surface area contributed by atoms with Crippen molar-refractivity contribution < 1.29 is 42.5 Å². The van der Waals surface area contributed by atoms with Gasteiger partial charge in [-0.1, -0.05) is 232 Å². The summed E-state index contributed by atoms with van der Waals surface area (Å²) in [6.45, 7) is 50.1. The van der Waals surface area contributed by atoms with Crippen molar-refractivity contribution in [1.82, 2.24) is 9.80 Å². The van der Waals surface area contributed by atoms with Gasteiger partial charge in [-0.05, 0) is 122 Å². The number of para-hydroxylation sites is 4. The van der Waals surface area contributed by atoms with E-state index in [1.165, 1.54) is 44.5 Å². The van der Waals surface area contributed by atoms with Crippen LogP contribution in [0.2, 0.25) is 0 Å². The number of likely N-dealkylation sites (N-methyl/N-ethyl adjacent to an activating group) is 2. The van der Waals surface area contributed by atoms with Crippen molar-refractivity contribution in [3.8, 4) is 0 Å². The molecule has 81 heavy (non-hydrogen) atoms. The zero-order valence-corrected chi connectivity index (χ0v) is 55.5. The Labute approximate surface area is 518 Å². The van der Waals surface area contributed by atoms with Crippen LogP contribution in [-0.2, 0) is 4.74 Å². The summed E-state index contributed by atoms with van der Waals surface area (Å²) in [4.78, 5) is 15.0. The van der Waals surface area contributed by atoms with Crippen LogP contribution < -0.4 is 37.7 Å². The first kappa shape index (κ1) is 72.1. The first-order valence-electron chi connectivity index (χ1n) is 29.6. The molecule has 0 fully saturated rings. The Bertz CT molecular complexity index is 2640. The standard InChI is InChI=1S/2C34H46N3.C4H10O.2Li/c2*1-21(2)27-15-12-16-28(22(3)4)33(27)35-25(9)31-19-14-20-32(37(31)11)26(10)36-34-29(23(5)6)17-13-18-30(34)24(7)8;1-3-5-4-2;;/h2*12-24H,1-11H3;3-4H2,1-2H3;;/q2*-1;;2*+1/b2*31-25-,36-26?;;;. The molecule has 0 unspecified atom stereocenters. The van der Waals surface area contributed by atoms with Crippen molar-refractivity contribution in [1.29, 1.82) is 0 Å². The molecule has 428 valence electrons. The summed E-state index contributed by atoms with van der Waals surface area (Å²) in [6.07, 6.45) is 12.9. The van der Waals surface area contributed by atoms with Gasteiger partial charge in [0.1, 0.15) is 0 Å². The largest absolute Gasteiger partial charge is 1.00 e. The predicted molar refractivity (Wildman–Crippen MR) is 348 cm³/mol. The smallest absolute Gasteiger partial charge is 0.659 e. The van der Waals surface area contributed by atoms with E-state index in [2.05, 4.69) is 272 Å². The number of hydrogen-bond acceptors (Lipinski definition) is 5. The summed E-state index contributed by atoms with van der Waals surface area (Å²) < 4.78 is 4.83. The molecule has 2 aliphatic rings. The van der Waals surface area contributed by atoms with E-state index in [-0.39, 0.29) is 37.7 Å². The fourth-order valence-electron chi connectivity index (χ4n) is 10.3. The molecule has 2 heterocycles. The summed E-state index contributed by atoms with van der Waals surface area (Å²) >= 11 is 0. The van der Waals surface area contributed by atoms with E-state index in [1.807, 2.05) is 13.8 Å². The predicted octanol–water partition coefficient (Wildman–Crippen LogP) is 16.2. The fraction of sp³-hybridized carbons (Fsp3) is 0.472. The molecule has 0 amide bonds. The van der Waals surface area contributed by atoms with Crippen molar-refractivity contribution in [2.75, 3.05) is 27.3 Å². The number of ether oxygens (including phenoxy) is 1. The van der Waals surface area contributed by atoms with E-state index < -0.39 is 0 Å². The van der Waals surface area contributed by atoms with Gasteiger partial charge in [0.2, 0.25) is 0 Å². The second kappa shape index (κ2) is 34.0. The molecule has 6 rings (SSSR count). The molecule has 0 bridgehead atoms. The molecule has 4 aromatic carbocycles. The third-order valence-electron chi connectivity index (χ3n) is 14.8. The van der Waals surface area contributed by atoms with Crippen LogP contribution in [0.5, 0.6) is 0 Å². The number of rotatable bonds is 18. The molecule has 0 radical (unpaired) electrons. The summed E-state index contributed by atoms with van der Waals surface area (Å²) in [7, 11) is 4.25. The van der Waals surface area contributed by atoms with Crippen LogP contribution >= 0.6 is 0 Å². The quantitative estimate of drug-likeness (QED) is 0.0736. The molecule has 4 aromatic rings. The van der Waals surface area contributed by atoms with Crippen LogP contribution in [0.4, 0.5) is 22.7 Å². The molecule has 7 nitrogen and oxygen atoms in total. The first-order chi connectivity index (χ1) is 37.3. The molecule has 2 aliphatic heterocycles. The van der Waals surface area contributed by atoms with Crippen molar-refractivity contribution in [2.45, 2.75) is 200 Å². The maximum Gasteiger partial charge on any atom is 1.00 e. The normalized spacial score (nSPS) is 15.0. The molecular weight excluding hydrogens is 979 g/mol. The first-order valence-corrected chi connectivity index (χ1v) is 29.6. The maximum atomic E-state index is 5.25. The van der Waals surface area contributed by atoms with Crippen molar-refractivity contribution in [3.63, 3.8) is 0 Å². The third kappa shape index (κ3) is 19.0. The van der Waals surface area contributed by atoms with Crippen LogP contribution in [-0.4, -0.2) is 48.5 Å². The number of hydrogen-bond donors (Lipinski definition) is 0. The van der Waals surface area contributed by atoms with Gasteiger partial charge in [-0.3, -0.25) is 9.98 Å². The third-order valence-corrected chi connectivity index (χ3v) is 14.8. The second-order valence-corrected chi connectivity index (χ2v) is 23.7. The van der Waals surface area contributed by atoms with Crippen molar-refractivity contribution in [3.05, 3.63) is 199 Å². The number of allylic oxidation sites excluding steroid dienone is 10. The van der Waals surface area contributed by atoms with Gasteiger partial charge in [0.05, 0.1) is 34.2 Å². The van der Waals surface area contributed by atoms with Crippen LogP contribution in [0.3, 0.4) is 0 Å². The zero-order chi connectivity index (χ0) is 59.0. The Morgan fingerprint density at radius 3 is 0.852 bits per heavy atom. The molecule has 0 atom stereocenters. The van der Waals surface area contributed by atoms with Crippen LogP contribution in [0.15, 0.2) is 153 Å². The van der Waals surface area contributed by atoms with Gasteiger partial charge in [0.25, 0.3) is 0 Å². The zero-order valence-electron chi connectivity index (χ0n) is 55.5. The van der Waals surface area contributed by atoms with E-state index in [4.69, 9.17) is 25.4 Å². The summed E-state index contributed by atoms with van der Waals surface area (Å²) in [5, 5.41) is 10.5. The molecule has 0 N–H and O–H groups in total. The Kier molecular flexibility index (Phi) is 30.2. The number of aliphatic imine (C=N–C) groups is 2.